The van der Waals surface area contributed by atoms with Gasteiger partial charge >= 0.3 is 0 Å². The minimum atomic E-state index is -0.319. The molecule has 0 aliphatic rings. The van der Waals surface area contributed by atoms with Gasteiger partial charge in [-0.1, -0.05) is 11.6 Å². The Morgan fingerprint density at radius 3 is 2.60 bits per heavy atom. The first-order valence-electron chi connectivity index (χ1n) is 5.93. The monoisotopic (exact) mass is 292 g/mol. The zero-order valence-electron chi connectivity index (χ0n) is 10.5. The Hall–Kier alpha value is -2.34. The number of hydrogen-bond donors (Lipinski definition) is 3. The Bertz CT molecular complexity index is 581. The largest absolute Gasteiger partial charge is 0.350 e. The summed E-state index contributed by atoms with van der Waals surface area (Å²) in [5, 5.41) is 12.2. The molecule has 0 saturated carbocycles. The number of nitrogens with one attached hydrogen (secondary N) is 3. The number of H-pyrrole nitrogens is 1. The van der Waals surface area contributed by atoms with E-state index < -0.39 is 0 Å². The second-order valence-electron chi connectivity index (χ2n) is 4.07. The number of carbonyl (C=O) groups excluding carboxylic acids is 2. The van der Waals surface area contributed by atoms with Gasteiger partial charge in [0.05, 0.1) is 12.7 Å². The lowest BCUT2D eigenvalue weighted by atomic mass is 10.2. The number of nitrogens with zero attached hydrogens (tertiary/aromatic N) is 1. The maximum Gasteiger partial charge on any atom is 0.251 e. The summed E-state index contributed by atoms with van der Waals surface area (Å²) in [5.41, 5.74) is 1.32. The van der Waals surface area contributed by atoms with Crippen molar-refractivity contribution in [3.63, 3.8) is 0 Å². The number of benzene rings is 1. The van der Waals surface area contributed by atoms with Gasteiger partial charge in [0.25, 0.3) is 5.91 Å². The Morgan fingerprint density at radius 2 is 1.95 bits per heavy atom. The van der Waals surface area contributed by atoms with Gasteiger partial charge in [-0.05, 0) is 24.3 Å². The fourth-order valence-corrected chi connectivity index (χ4v) is 1.63. The van der Waals surface area contributed by atoms with Crippen molar-refractivity contribution in [1.82, 2.24) is 20.8 Å². The third kappa shape index (κ3) is 4.10. The molecule has 0 aliphatic carbocycles. The van der Waals surface area contributed by atoms with Gasteiger partial charge in [-0.25, -0.2) is 0 Å². The second kappa shape index (κ2) is 6.72. The van der Waals surface area contributed by atoms with Gasteiger partial charge in [0, 0.05) is 28.9 Å². The van der Waals surface area contributed by atoms with Crippen molar-refractivity contribution in [2.45, 2.75) is 6.54 Å². The van der Waals surface area contributed by atoms with Gasteiger partial charge in [-0.3, -0.25) is 14.7 Å². The van der Waals surface area contributed by atoms with Gasteiger partial charge in [0.2, 0.25) is 5.91 Å². The molecule has 20 heavy (non-hydrogen) atoms. The fraction of sp³-hybridized carbons (Fsp3) is 0.154. The summed E-state index contributed by atoms with van der Waals surface area (Å²) in [6.07, 6.45) is 3.30. The van der Waals surface area contributed by atoms with Gasteiger partial charge in [0.15, 0.2) is 0 Å². The molecule has 1 aromatic heterocycles. The molecule has 0 aliphatic heterocycles. The lowest BCUT2D eigenvalue weighted by Gasteiger charge is -2.06. The predicted molar refractivity (Wildman–Crippen MR) is 74.2 cm³/mol. The summed E-state index contributed by atoms with van der Waals surface area (Å²) >= 11 is 5.73. The minimum Gasteiger partial charge on any atom is -0.350 e. The van der Waals surface area contributed by atoms with Crippen LogP contribution < -0.4 is 10.6 Å². The molecular weight excluding hydrogens is 280 g/mol. The van der Waals surface area contributed by atoms with Crippen LogP contribution in [-0.2, 0) is 11.3 Å². The lowest BCUT2D eigenvalue weighted by molar-refractivity contribution is -0.120. The topological polar surface area (TPSA) is 86.9 Å². The molecule has 0 bridgehead atoms. The van der Waals surface area contributed by atoms with Crippen LogP contribution in [0, 0.1) is 0 Å². The first kappa shape index (κ1) is 14.1. The maximum atomic E-state index is 11.7. The average molecular weight is 293 g/mol. The van der Waals surface area contributed by atoms with Crippen LogP contribution in [0.4, 0.5) is 0 Å². The van der Waals surface area contributed by atoms with E-state index in [4.69, 9.17) is 11.6 Å². The predicted octanol–water partition coefficient (Wildman–Crippen LogP) is 1.11. The summed E-state index contributed by atoms with van der Waals surface area (Å²) < 4.78 is 0. The van der Waals surface area contributed by atoms with E-state index in [1.54, 1.807) is 36.7 Å². The third-order valence-corrected chi connectivity index (χ3v) is 2.81. The van der Waals surface area contributed by atoms with Crippen molar-refractivity contribution in [1.29, 1.82) is 0 Å². The molecule has 0 fully saturated rings. The highest BCUT2D eigenvalue weighted by molar-refractivity contribution is 6.30. The van der Waals surface area contributed by atoms with E-state index in [-0.39, 0.29) is 18.4 Å². The average Bonchev–Trinajstić information content (AvgIpc) is 2.96. The molecule has 1 heterocycles. The van der Waals surface area contributed by atoms with Crippen molar-refractivity contribution < 1.29 is 9.59 Å². The van der Waals surface area contributed by atoms with E-state index in [0.29, 0.717) is 17.1 Å². The van der Waals surface area contributed by atoms with Crippen molar-refractivity contribution in [3.8, 4) is 0 Å². The van der Waals surface area contributed by atoms with E-state index in [0.717, 1.165) is 5.56 Å². The van der Waals surface area contributed by atoms with Crippen LogP contribution >= 0.6 is 11.6 Å². The Balaban J connectivity index is 1.75. The van der Waals surface area contributed by atoms with Crippen LogP contribution in [0.1, 0.15) is 15.9 Å². The normalized spacial score (nSPS) is 10.1. The van der Waals surface area contributed by atoms with Gasteiger partial charge < -0.3 is 10.6 Å². The second-order valence-corrected chi connectivity index (χ2v) is 4.51. The molecule has 0 saturated heterocycles. The summed E-state index contributed by atoms with van der Waals surface area (Å²) in [6, 6.07) is 6.44. The standard InChI is InChI=1S/C13H13ClN4O2/c14-11-3-1-10(2-4-11)13(20)16-8-12(19)15-5-9-6-17-18-7-9/h1-4,6-7H,5,8H2,(H,15,19)(H,16,20)(H,17,18). The molecule has 0 radical (unpaired) electrons. The number of aromatic nitrogens is 2. The third-order valence-electron chi connectivity index (χ3n) is 2.56. The highest BCUT2D eigenvalue weighted by Gasteiger charge is 2.07. The van der Waals surface area contributed by atoms with Crippen LogP contribution in [-0.4, -0.2) is 28.6 Å². The highest BCUT2D eigenvalue weighted by Crippen LogP contribution is 2.09. The smallest absolute Gasteiger partial charge is 0.251 e. The molecule has 7 heteroatoms. The molecule has 2 amide bonds. The minimum absolute atomic E-state index is 0.0840. The van der Waals surface area contributed by atoms with Crippen LogP contribution in [0.15, 0.2) is 36.7 Å². The van der Waals surface area contributed by atoms with E-state index in [9.17, 15) is 9.59 Å². The van der Waals surface area contributed by atoms with Crippen LogP contribution in [0.25, 0.3) is 0 Å². The molecule has 6 nitrogen and oxygen atoms in total. The first-order valence-corrected chi connectivity index (χ1v) is 6.31. The van der Waals surface area contributed by atoms with Gasteiger partial charge in [-0.15, -0.1) is 0 Å². The number of carbonyl (C=O) groups is 2. The summed E-state index contributed by atoms with van der Waals surface area (Å²) in [4.78, 5) is 23.3. The van der Waals surface area contributed by atoms with E-state index in [1.807, 2.05) is 0 Å². The molecule has 0 spiro atoms. The number of aromatic amines is 1. The molecule has 1 aromatic carbocycles. The summed E-state index contributed by atoms with van der Waals surface area (Å²) in [7, 11) is 0. The Morgan fingerprint density at radius 1 is 1.20 bits per heavy atom. The van der Waals surface area contributed by atoms with Crippen molar-refractivity contribution in [3.05, 3.63) is 52.8 Å². The highest BCUT2D eigenvalue weighted by atomic mass is 35.5. The van der Waals surface area contributed by atoms with Crippen molar-refractivity contribution >= 4 is 23.4 Å². The zero-order valence-corrected chi connectivity index (χ0v) is 11.3. The summed E-state index contributed by atoms with van der Waals surface area (Å²) in [6.45, 7) is 0.283. The zero-order chi connectivity index (χ0) is 14.4. The number of hydrogen-bond acceptors (Lipinski definition) is 3. The molecule has 0 unspecified atom stereocenters. The molecule has 2 rings (SSSR count). The molecule has 3 N–H and O–H groups in total. The van der Waals surface area contributed by atoms with Gasteiger partial charge in [-0.2, -0.15) is 5.10 Å². The number of amides is 2. The first-order chi connectivity index (χ1) is 9.65. The van der Waals surface area contributed by atoms with E-state index >= 15 is 0 Å². The van der Waals surface area contributed by atoms with Crippen LogP contribution in [0.3, 0.4) is 0 Å². The molecule has 2 aromatic rings. The van der Waals surface area contributed by atoms with E-state index in [1.165, 1.54) is 0 Å². The molecule has 104 valence electrons. The van der Waals surface area contributed by atoms with Crippen molar-refractivity contribution in [2.75, 3.05) is 6.54 Å². The maximum absolute atomic E-state index is 11.7. The number of halogens is 1. The Labute approximate surface area is 120 Å². The van der Waals surface area contributed by atoms with E-state index in [2.05, 4.69) is 20.8 Å². The number of rotatable bonds is 5. The van der Waals surface area contributed by atoms with Crippen molar-refractivity contribution in [2.24, 2.45) is 0 Å². The van der Waals surface area contributed by atoms with Gasteiger partial charge in [0.1, 0.15) is 0 Å². The quantitative estimate of drug-likeness (QED) is 0.771. The SMILES string of the molecule is O=C(CNC(=O)c1ccc(Cl)cc1)NCc1cn[nH]c1. The lowest BCUT2D eigenvalue weighted by Crippen LogP contribution is -2.36. The molecule has 0 atom stereocenters. The fourth-order valence-electron chi connectivity index (χ4n) is 1.50. The Kier molecular flexibility index (Phi) is 4.73. The summed E-state index contributed by atoms with van der Waals surface area (Å²) in [5.74, 6) is -0.589. The van der Waals surface area contributed by atoms with Crippen LogP contribution in [0.5, 0.6) is 0 Å². The molecular formula is C13H13ClN4O2. The van der Waals surface area contributed by atoms with Crippen LogP contribution in [0.2, 0.25) is 5.02 Å².